The lowest BCUT2D eigenvalue weighted by molar-refractivity contribution is -0.313. The summed E-state index contributed by atoms with van der Waals surface area (Å²) in [5.74, 6) is 0.645. The van der Waals surface area contributed by atoms with Gasteiger partial charge in [0, 0.05) is 0 Å². The van der Waals surface area contributed by atoms with Crippen molar-refractivity contribution in [2.45, 2.75) is 90.1 Å². The molecule has 3 heteroatoms. The quantitative estimate of drug-likeness (QED) is 0.724. The number of rotatable bonds is 1. The minimum Gasteiger partial charge on any atom is -0.390 e. The summed E-state index contributed by atoms with van der Waals surface area (Å²) < 4.78 is 6.40. The highest BCUT2D eigenvalue weighted by Crippen LogP contribution is 2.65. The molecule has 3 fully saturated rings. The van der Waals surface area contributed by atoms with Gasteiger partial charge in [0.1, 0.15) is 5.60 Å². The predicted molar refractivity (Wildman–Crippen MR) is 92.1 cm³/mol. The summed E-state index contributed by atoms with van der Waals surface area (Å²) in [6.45, 7) is 14.9. The molecule has 1 saturated heterocycles. The van der Waals surface area contributed by atoms with Gasteiger partial charge in [-0.15, -0.1) is 6.58 Å². The maximum Gasteiger partial charge on any atom is 0.110 e. The summed E-state index contributed by atoms with van der Waals surface area (Å²) in [7, 11) is 0. The van der Waals surface area contributed by atoms with Gasteiger partial charge in [-0.05, 0) is 62.2 Å². The van der Waals surface area contributed by atoms with Crippen molar-refractivity contribution in [2.24, 2.45) is 22.7 Å². The Hall–Kier alpha value is -0.380. The molecule has 0 spiro atoms. The second-order valence-corrected chi connectivity index (χ2v) is 9.63. The molecule has 132 valence electrons. The van der Waals surface area contributed by atoms with Gasteiger partial charge in [0.15, 0.2) is 0 Å². The van der Waals surface area contributed by atoms with E-state index in [1.54, 1.807) is 6.08 Å². The number of aliphatic hydroxyl groups excluding tert-OH is 2. The molecule has 3 rings (SSSR count). The lowest BCUT2D eigenvalue weighted by Crippen LogP contribution is -2.70. The second kappa shape index (κ2) is 5.06. The highest BCUT2D eigenvalue weighted by Gasteiger charge is 2.66. The summed E-state index contributed by atoms with van der Waals surface area (Å²) in [4.78, 5) is 0. The predicted octanol–water partition coefficient (Wildman–Crippen LogP) is 3.68. The maximum absolute atomic E-state index is 11.0. The minimum absolute atomic E-state index is 0.110. The van der Waals surface area contributed by atoms with Crippen LogP contribution in [0.15, 0.2) is 12.7 Å². The van der Waals surface area contributed by atoms with Crippen molar-refractivity contribution in [3.8, 4) is 0 Å². The molecule has 0 radical (unpaired) electrons. The molecule has 2 aliphatic carbocycles. The summed E-state index contributed by atoms with van der Waals surface area (Å²) in [6.07, 6.45) is 5.72. The fourth-order valence-corrected chi connectivity index (χ4v) is 6.33. The Morgan fingerprint density at radius 2 is 1.57 bits per heavy atom. The number of aliphatic hydroxyl groups is 2. The molecule has 0 aromatic heterocycles. The molecule has 2 saturated carbocycles. The van der Waals surface area contributed by atoms with Crippen LogP contribution in [0.3, 0.4) is 0 Å². The molecule has 3 aliphatic rings. The zero-order valence-electron chi connectivity index (χ0n) is 15.4. The highest BCUT2D eigenvalue weighted by molar-refractivity contribution is 5.17. The molecule has 7 atom stereocenters. The van der Waals surface area contributed by atoms with E-state index < -0.39 is 23.4 Å². The molecule has 1 aliphatic heterocycles. The molecule has 23 heavy (non-hydrogen) atoms. The first-order valence-electron chi connectivity index (χ1n) is 9.19. The molecular formula is C20H34O3. The normalized spacial score (nSPS) is 55.6. The van der Waals surface area contributed by atoms with Crippen molar-refractivity contribution in [3.63, 3.8) is 0 Å². The number of fused-ring (bicyclic) bond motifs is 3. The third-order valence-electron chi connectivity index (χ3n) is 7.85. The molecule has 0 amide bonds. The fourth-order valence-electron chi connectivity index (χ4n) is 6.33. The van der Waals surface area contributed by atoms with Gasteiger partial charge in [-0.1, -0.05) is 33.3 Å². The largest absolute Gasteiger partial charge is 0.390 e. The van der Waals surface area contributed by atoms with Gasteiger partial charge in [0.2, 0.25) is 0 Å². The molecule has 1 heterocycles. The van der Waals surface area contributed by atoms with Crippen LogP contribution in [-0.4, -0.2) is 33.6 Å². The van der Waals surface area contributed by atoms with Gasteiger partial charge < -0.3 is 14.9 Å². The molecular weight excluding hydrogens is 288 g/mol. The first-order valence-corrected chi connectivity index (χ1v) is 9.19. The van der Waals surface area contributed by atoms with Gasteiger partial charge in [-0.3, -0.25) is 0 Å². The van der Waals surface area contributed by atoms with Crippen LogP contribution in [0.2, 0.25) is 0 Å². The summed E-state index contributed by atoms with van der Waals surface area (Å²) in [5, 5.41) is 21.7. The van der Waals surface area contributed by atoms with E-state index in [4.69, 9.17) is 4.74 Å². The maximum atomic E-state index is 11.0. The zero-order valence-corrected chi connectivity index (χ0v) is 15.4. The molecule has 3 nitrogen and oxygen atoms in total. The van der Waals surface area contributed by atoms with E-state index >= 15 is 0 Å². The van der Waals surface area contributed by atoms with Crippen molar-refractivity contribution in [1.29, 1.82) is 0 Å². The van der Waals surface area contributed by atoms with E-state index in [0.29, 0.717) is 12.3 Å². The van der Waals surface area contributed by atoms with Gasteiger partial charge in [-0.25, -0.2) is 0 Å². The van der Waals surface area contributed by atoms with Gasteiger partial charge in [0.05, 0.1) is 17.8 Å². The van der Waals surface area contributed by atoms with Crippen LogP contribution in [0.1, 0.15) is 66.7 Å². The Kier molecular flexibility index (Phi) is 3.84. The molecule has 0 aromatic carbocycles. The van der Waals surface area contributed by atoms with Crippen molar-refractivity contribution in [2.75, 3.05) is 0 Å². The summed E-state index contributed by atoms with van der Waals surface area (Å²) >= 11 is 0. The van der Waals surface area contributed by atoms with Crippen molar-refractivity contribution >= 4 is 0 Å². The van der Waals surface area contributed by atoms with Crippen LogP contribution >= 0.6 is 0 Å². The lowest BCUT2D eigenvalue weighted by Gasteiger charge is -2.67. The van der Waals surface area contributed by atoms with Crippen LogP contribution in [0.5, 0.6) is 0 Å². The minimum atomic E-state index is -0.778. The Labute approximate surface area is 141 Å². The number of hydrogen-bond donors (Lipinski definition) is 2. The Balaban J connectivity index is 2.05. The first kappa shape index (κ1) is 17.4. The van der Waals surface area contributed by atoms with E-state index in [2.05, 4.69) is 34.3 Å². The highest BCUT2D eigenvalue weighted by atomic mass is 16.5. The van der Waals surface area contributed by atoms with Crippen molar-refractivity contribution in [1.82, 2.24) is 0 Å². The van der Waals surface area contributed by atoms with E-state index in [0.717, 1.165) is 12.8 Å². The average Bonchev–Trinajstić information content (AvgIpc) is 2.45. The van der Waals surface area contributed by atoms with E-state index in [1.807, 2.05) is 6.92 Å². The third kappa shape index (κ3) is 2.26. The van der Waals surface area contributed by atoms with Crippen LogP contribution in [-0.2, 0) is 4.74 Å². The van der Waals surface area contributed by atoms with Crippen molar-refractivity contribution in [3.05, 3.63) is 12.7 Å². The molecule has 2 N–H and O–H groups in total. The summed E-state index contributed by atoms with van der Waals surface area (Å²) in [6, 6.07) is 0. The monoisotopic (exact) mass is 322 g/mol. The van der Waals surface area contributed by atoms with E-state index in [9.17, 15) is 10.2 Å². The fraction of sp³-hybridized carbons (Fsp3) is 0.900. The van der Waals surface area contributed by atoms with Crippen molar-refractivity contribution < 1.29 is 14.9 Å². The van der Waals surface area contributed by atoms with E-state index in [1.165, 1.54) is 12.8 Å². The Bertz CT molecular complexity index is 501. The number of ether oxygens (including phenoxy) is 1. The summed E-state index contributed by atoms with van der Waals surface area (Å²) in [5.41, 5.74) is -1.04. The average molecular weight is 322 g/mol. The molecule has 0 aromatic rings. The third-order valence-corrected chi connectivity index (χ3v) is 7.85. The standard InChI is InChI=1S/C20H34O3/c1-7-19(5)15(21)12-14-18(4)10-8-9-17(2,3)13(18)11-16(22)20(14,6)23-19/h7,13-16,21-22H,1,8-12H2,2-6H3/t13-,14+,15+,16-,18-,19+,20-/m0/s1. The first-order chi connectivity index (χ1) is 10.5. The van der Waals surface area contributed by atoms with Crippen LogP contribution in [0.25, 0.3) is 0 Å². The van der Waals surface area contributed by atoms with Gasteiger partial charge in [-0.2, -0.15) is 0 Å². The molecule has 0 bridgehead atoms. The van der Waals surface area contributed by atoms with Crippen LogP contribution < -0.4 is 0 Å². The Morgan fingerprint density at radius 1 is 0.957 bits per heavy atom. The van der Waals surface area contributed by atoms with Crippen LogP contribution in [0, 0.1) is 22.7 Å². The second-order valence-electron chi connectivity index (χ2n) is 9.63. The lowest BCUT2D eigenvalue weighted by atomic mass is 9.43. The van der Waals surface area contributed by atoms with Gasteiger partial charge in [0.25, 0.3) is 0 Å². The SMILES string of the molecule is C=C[C@@]1(C)O[C@@]2(C)[C@H](C[C@H]1O)[C@@]1(C)CCCC(C)(C)[C@@H]1C[C@@H]2O. The number of hydrogen-bond acceptors (Lipinski definition) is 3. The van der Waals surface area contributed by atoms with E-state index in [-0.39, 0.29) is 16.7 Å². The Morgan fingerprint density at radius 3 is 2.17 bits per heavy atom. The zero-order chi connectivity index (χ0) is 17.3. The van der Waals surface area contributed by atoms with Gasteiger partial charge >= 0.3 is 0 Å². The smallest absolute Gasteiger partial charge is 0.110 e. The van der Waals surface area contributed by atoms with Crippen LogP contribution in [0.4, 0.5) is 0 Å². The molecule has 0 unspecified atom stereocenters. The topological polar surface area (TPSA) is 49.7 Å².